The zero-order valence-corrected chi connectivity index (χ0v) is 17.8. The number of nitrogen functional groups attached to an aromatic ring is 1. The van der Waals surface area contributed by atoms with E-state index < -0.39 is 65.6 Å². The van der Waals surface area contributed by atoms with Gasteiger partial charge in [-0.05, 0) is 23.8 Å². The Hall–Kier alpha value is -4.19. The van der Waals surface area contributed by atoms with E-state index in [4.69, 9.17) is 15.2 Å². The van der Waals surface area contributed by atoms with Crippen LogP contribution in [0.15, 0.2) is 65.6 Å². The summed E-state index contributed by atoms with van der Waals surface area (Å²) in [5, 5.41) is 9.54. The van der Waals surface area contributed by atoms with Crippen LogP contribution in [0, 0.1) is 5.82 Å². The molecular formula is C23H18F3N3O6. The first-order valence-corrected chi connectivity index (χ1v) is 10.2. The molecule has 0 spiro atoms. The number of nitrogens with two attached hydrogens (primary N) is 1. The monoisotopic (exact) mass is 489 g/mol. The van der Waals surface area contributed by atoms with Gasteiger partial charge in [0.05, 0.1) is 23.2 Å². The van der Waals surface area contributed by atoms with Gasteiger partial charge in [0, 0.05) is 0 Å². The van der Waals surface area contributed by atoms with E-state index in [1.165, 1.54) is 30.3 Å². The molecule has 182 valence electrons. The molecule has 2 aromatic carbocycles. The van der Waals surface area contributed by atoms with Crippen molar-refractivity contribution in [1.29, 1.82) is 0 Å². The summed E-state index contributed by atoms with van der Waals surface area (Å²) in [7, 11) is 0. The van der Waals surface area contributed by atoms with Crippen molar-refractivity contribution in [3.05, 3.63) is 93.8 Å². The normalized spacial score (nSPS) is 20.9. The summed E-state index contributed by atoms with van der Waals surface area (Å²) in [6.07, 6.45) is -3.55. The average molecular weight is 489 g/mol. The number of anilines is 1. The number of hydrogen-bond acceptors (Lipinski definition) is 7. The van der Waals surface area contributed by atoms with Crippen LogP contribution in [0.3, 0.4) is 0 Å². The van der Waals surface area contributed by atoms with E-state index in [1.807, 2.05) is 0 Å². The zero-order chi connectivity index (χ0) is 25.3. The molecule has 12 heteroatoms. The van der Waals surface area contributed by atoms with Crippen LogP contribution in [-0.2, 0) is 9.47 Å². The first kappa shape index (κ1) is 24.0. The Morgan fingerprint density at radius 3 is 2.49 bits per heavy atom. The molecule has 4 rings (SSSR count). The number of carboxylic acids is 1. The molecule has 1 saturated heterocycles. The maximum Gasteiger partial charge on any atom is 0.352 e. The number of hydrogen-bond donors (Lipinski definition) is 2. The number of carboxylic acid groups (broad SMARTS) is 1. The van der Waals surface area contributed by atoms with E-state index in [2.05, 4.69) is 4.98 Å². The summed E-state index contributed by atoms with van der Waals surface area (Å²) in [5.74, 6) is -10.3. The Morgan fingerprint density at radius 2 is 1.80 bits per heavy atom. The van der Waals surface area contributed by atoms with E-state index in [-0.39, 0.29) is 15.7 Å². The largest absolute Gasteiger partial charge is 0.478 e. The third-order valence-electron chi connectivity index (χ3n) is 5.52. The lowest BCUT2D eigenvalue weighted by Gasteiger charge is -2.25. The quantitative estimate of drug-likeness (QED) is 0.505. The third-order valence-corrected chi connectivity index (χ3v) is 5.52. The number of alkyl halides is 2. The van der Waals surface area contributed by atoms with Crippen molar-refractivity contribution < 1.29 is 37.3 Å². The summed E-state index contributed by atoms with van der Waals surface area (Å²) in [6, 6.07) is 12.7. The minimum Gasteiger partial charge on any atom is -0.478 e. The predicted octanol–water partition coefficient (Wildman–Crippen LogP) is 2.84. The fourth-order valence-electron chi connectivity index (χ4n) is 3.93. The maximum absolute atomic E-state index is 15.8. The van der Waals surface area contributed by atoms with Crippen LogP contribution in [0.1, 0.15) is 38.4 Å². The molecule has 1 aliphatic rings. The van der Waals surface area contributed by atoms with Crippen LogP contribution in [0.4, 0.5) is 19.0 Å². The summed E-state index contributed by atoms with van der Waals surface area (Å²) in [6.45, 7) is -0.710. The molecule has 0 aliphatic carbocycles. The molecule has 1 aromatic heterocycles. The molecule has 0 saturated carbocycles. The molecule has 1 fully saturated rings. The Labute approximate surface area is 195 Å². The van der Waals surface area contributed by atoms with Crippen molar-refractivity contribution in [2.24, 2.45) is 0 Å². The number of rotatable bonds is 6. The highest BCUT2D eigenvalue weighted by atomic mass is 19.3. The number of aromatic carboxylic acids is 1. The molecule has 1 unspecified atom stereocenters. The summed E-state index contributed by atoms with van der Waals surface area (Å²) in [4.78, 5) is 39.6. The maximum atomic E-state index is 15.8. The lowest BCUT2D eigenvalue weighted by molar-refractivity contribution is -0.123. The van der Waals surface area contributed by atoms with Gasteiger partial charge in [0.2, 0.25) is 6.23 Å². The van der Waals surface area contributed by atoms with E-state index in [0.717, 1.165) is 6.07 Å². The first-order valence-electron chi connectivity index (χ1n) is 10.2. The van der Waals surface area contributed by atoms with Crippen LogP contribution >= 0.6 is 0 Å². The van der Waals surface area contributed by atoms with Gasteiger partial charge in [0.1, 0.15) is 12.7 Å². The van der Waals surface area contributed by atoms with Gasteiger partial charge in [0.15, 0.2) is 11.6 Å². The molecule has 3 N–H and O–H groups in total. The molecular weight excluding hydrogens is 471 g/mol. The highest BCUT2D eigenvalue weighted by Crippen LogP contribution is 2.52. The number of carbonyl (C=O) groups is 2. The van der Waals surface area contributed by atoms with Crippen LogP contribution in [0.2, 0.25) is 0 Å². The van der Waals surface area contributed by atoms with Crippen molar-refractivity contribution in [2.45, 2.75) is 24.2 Å². The number of esters is 1. The number of halogens is 3. The van der Waals surface area contributed by atoms with Crippen molar-refractivity contribution in [1.82, 2.24) is 9.55 Å². The highest BCUT2D eigenvalue weighted by molar-refractivity contribution is 5.90. The summed E-state index contributed by atoms with van der Waals surface area (Å²) < 4.78 is 56.4. The minimum absolute atomic E-state index is 0.150. The number of aromatic nitrogens is 2. The fraction of sp³-hybridized carbons (Fsp3) is 0.217. The first-order chi connectivity index (χ1) is 16.6. The molecule has 2 heterocycles. The second-order valence-corrected chi connectivity index (χ2v) is 7.70. The van der Waals surface area contributed by atoms with E-state index >= 15 is 8.78 Å². The second kappa shape index (κ2) is 9.22. The van der Waals surface area contributed by atoms with Gasteiger partial charge in [-0.1, -0.05) is 36.4 Å². The Balaban J connectivity index is 1.75. The standard InChI is InChI=1S/C23H18F3N3O6/c24-15-10-29(22(33)28-18(15)27)21-23(25,26)17(13-8-4-5-9-14(13)19(30)31)16(35-21)11-34-20(32)12-6-2-1-3-7-12/h1-10,16-17,21H,11H2,(H,30,31)(H2,27,28,33)/t16-,17+,21?/m0/s1. The van der Waals surface area contributed by atoms with Crippen LogP contribution in [0.25, 0.3) is 0 Å². The lowest BCUT2D eigenvalue weighted by atomic mass is 9.86. The Bertz CT molecular complexity index is 1330. The van der Waals surface area contributed by atoms with Gasteiger partial charge in [-0.15, -0.1) is 0 Å². The molecule has 3 atom stereocenters. The predicted molar refractivity (Wildman–Crippen MR) is 115 cm³/mol. The SMILES string of the molecule is Nc1nc(=O)n(C2O[C@@H](COC(=O)c3ccccc3)[C@@H](c3ccccc3C(=O)O)C2(F)F)cc1F. The lowest BCUT2D eigenvalue weighted by Crippen LogP contribution is -2.38. The van der Waals surface area contributed by atoms with Crippen LogP contribution in [-0.4, -0.2) is 45.2 Å². The summed E-state index contributed by atoms with van der Waals surface area (Å²) >= 11 is 0. The number of carbonyl (C=O) groups excluding carboxylic acids is 1. The molecule has 9 nitrogen and oxygen atoms in total. The number of ether oxygens (including phenoxy) is 2. The Morgan fingerprint density at radius 1 is 1.14 bits per heavy atom. The molecule has 35 heavy (non-hydrogen) atoms. The van der Waals surface area contributed by atoms with Crippen LogP contribution < -0.4 is 11.4 Å². The third kappa shape index (κ3) is 4.47. The van der Waals surface area contributed by atoms with Crippen molar-refractivity contribution >= 4 is 17.8 Å². The highest BCUT2D eigenvalue weighted by Gasteiger charge is 2.61. The molecule has 0 amide bonds. The molecule has 3 aromatic rings. The van der Waals surface area contributed by atoms with Gasteiger partial charge in [-0.2, -0.15) is 4.98 Å². The van der Waals surface area contributed by atoms with Gasteiger partial charge < -0.3 is 20.3 Å². The minimum atomic E-state index is -3.95. The second-order valence-electron chi connectivity index (χ2n) is 7.70. The van der Waals surface area contributed by atoms with E-state index in [0.29, 0.717) is 6.20 Å². The van der Waals surface area contributed by atoms with Gasteiger partial charge >= 0.3 is 23.6 Å². The van der Waals surface area contributed by atoms with Crippen molar-refractivity contribution in [3.8, 4) is 0 Å². The van der Waals surface area contributed by atoms with Gasteiger partial charge in [0.25, 0.3) is 0 Å². The van der Waals surface area contributed by atoms with E-state index in [1.54, 1.807) is 18.2 Å². The van der Waals surface area contributed by atoms with Gasteiger partial charge in [-0.25, -0.2) is 27.6 Å². The molecule has 1 aliphatic heterocycles. The summed E-state index contributed by atoms with van der Waals surface area (Å²) in [5.41, 5.74) is 3.34. The number of nitrogens with zero attached hydrogens (tertiary/aromatic N) is 2. The zero-order valence-electron chi connectivity index (χ0n) is 17.8. The Kier molecular flexibility index (Phi) is 6.31. The van der Waals surface area contributed by atoms with Crippen LogP contribution in [0.5, 0.6) is 0 Å². The molecule has 0 bridgehead atoms. The number of benzene rings is 2. The molecule has 0 radical (unpaired) electrons. The van der Waals surface area contributed by atoms with Gasteiger partial charge in [-0.3, -0.25) is 4.57 Å². The van der Waals surface area contributed by atoms with Crippen molar-refractivity contribution in [2.75, 3.05) is 12.3 Å². The fourth-order valence-corrected chi connectivity index (χ4v) is 3.93. The topological polar surface area (TPSA) is 134 Å². The average Bonchev–Trinajstić information content (AvgIpc) is 3.10. The van der Waals surface area contributed by atoms with E-state index in [9.17, 15) is 23.9 Å². The van der Waals surface area contributed by atoms with Crippen molar-refractivity contribution in [3.63, 3.8) is 0 Å². The smallest absolute Gasteiger partial charge is 0.352 e.